The van der Waals surface area contributed by atoms with Crippen molar-refractivity contribution in [2.45, 2.75) is 39.2 Å². The molecule has 0 heterocycles. The molecule has 0 bridgehead atoms. The van der Waals surface area contributed by atoms with Crippen LogP contribution in [0, 0.1) is 11.8 Å². The lowest BCUT2D eigenvalue weighted by molar-refractivity contribution is 0.280. The molecule has 2 rings (SSSR count). The smallest absolute Gasteiger partial charge is 0.0487 e. The van der Waals surface area contributed by atoms with Gasteiger partial charge in [0, 0.05) is 20.7 Å². The molecule has 0 saturated heterocycles. The Labute approximate surface area is 121 Å². The summed E-state index contributed by atoms with van der Waals surface area (Å²) in [5.41, 5.74) is 1.21. The Bertz CT molecular complexity index is 392. The molecular weight excluding hydrogens is 342 g/mol. The van der Waals surface area contributed by atoms with Gasteiger partial charge in [0.15, 0.2) is 0 Å². The quantitative estimate of drug-likeness (QED) is 0.739. The summed E-state index contributed by atoms with van der Waals surface area (Å²) >= 11 is 7.10. The van der Waals surface area contributed by atoms with Crippen LogP contribution < -0.4 is 5.32 Å². The lowest BCUT2D eigenvalue weighted by Crippen LogP contribution is -2.33. The molecule has 0 amide bonds. The second-order valence-corrected chi connectivity index (χ2v) is 7.04. The molecule has 17 heavy (non-hydrogen) atoms. The fourth-order valence-corrected chi connectivity index (χ4v) is 3.70. The van der Waals surface area contributed by atoms with Gasteiger partial charge in [-0.05, 0) is 58.8 Å². The molecule has 0 radical (unpaired) electrons. The fraction of sp³-hybridized carbons (Fsp3) is 0.571. The minimum Gasteiger partial charge on any atom is -0.381 e. The van der Waals surface area contributed by atoms with Crippen LogP contribution in [0.15, 0.2) is 27.1 Å². The normalized spacial score (nSPS) is 29.1. The van der Waals surface area contributed by atoms with Crippen LogP contribution in [0.25, 0.3) is 0 Å². The van der Waals surface area contributed by atoms with Crippen molar-refractivity contribution in [1.29, 1.82) is 0 Å². The van der Waals surface area contributed by atoms with Crippen LogP contribution in [0.4, 0.5) is 5.69 Å². The van der Waals surface area contributed by atoms with Crippen molar-refractivity contribution in [3.63, 3.8) is 0 Å². The van der Waals surface area contributed by atoms with Gasteiger partial charge in [-0.1, -0.05) is 36.2 Å². The molecule has 1 aromatic carbocycles. The third-order valence-corrected chi connectivity index (χ3v) is 4.88. The molecule has 3 atom stereocenters. The monoisotopic (exact) mass is 359 g/mol. The van der Waals surface area contributed by atoms with Crippen molar-refractivity contribution in [3.05, 3.63) is 27.1 Å². The molecule has 0 spiro atoms. The Morgan fingerprint density at radius 3 is 2.65 bits per heavy atom. The van der Waals surface area contributed by atoms with E-state index in [9.17, 15) is 0 Å². The highest BCUT2D eigenvalue weighted by atomic mass is 79.9. The Kier molecular flexibility index (Phi) is 4.53. The van der Waals surface area contributed by atoms with Crippen LogP contribution in [0.5, 0.6) is 0 Å². The second kappa shape index (κ2) is 5.75. The predicted octanol–water partition coefficient (Wildman–Crippen LogP) is 5.45. The van der Waals surface area contributed by atoms with E-state index in [1.165, 1.54) is 24.9 Å². The average molecular weight is 361 g/mol. The van der Waals surface area contributed by atoms with Crippen molar-refractivity contribution in [2.24, 2.45) is 11.8 Å². The van der Waals surface area contributed by atoms with E-state index in [4.69, 9.17) is 0 Å². The highest BCUT2D eigenvalue weighted by Gasteiger charge is 2.25. The van der Waals surface area contributed by atoms with E-state index in [-0.39, 0.29) is 0 Å². The van der Waals surface area contributed by atoms with Gasteiger partial charge in [-0.3, -0.25) is 0 Å². The Hall–Kier alpha value is -0.0200. The molecule has 3 unspecified atom stereocenters. The first kappa shape index (κ1) is 13.4. The average Bonchev–Trinajstić information content (AvgIpc) is 2.27. The van der Waals surface area contributed by atoms with Gasteiger partial charge in [-0.15, -0.1) is 0 Å². The molecule has 0 aromatic heterocycles. The zero-order valence-electron chi connectivity index (χ0n) is 10.3. The van der Waals surface area contributed by atoms with Crippen LogP contribution in [-0.2, 0) is 0 Å². The van der Waals surface area contributed by atoms with E-state index in [1.54, 1.807) is 0 Å². The van der Waals surface area contributed by atoms with Gasteiger partial charge >= 0.3 is 0 Å². The Morgan fingerprint density at radius 1 is 1.18 bits per heavy atom. The van der Waals surface area contributed by atoms with Crippen LogP contribution in [0.1, 0.15) is 33.1 Å². The summed E-state index contributed by atoms with van der Waals surface area (Å²) in [7, 11) is 0. The third kappa shape index (κ3) is 3.47. The van der Waals surface area contributed by atoms with Crippen LogP contribution in [0.3, 0.4) is 0 Å². The number of benzene rings is 1. The first-order valence-electron chi connectivity index (χ1n) is 6.28. The summed E-state index contributed by atoms with van der Waals surface area (Å²) in [6.07, 6.45) is 4.00. The van der Waals surface area contributed by atoms with E-state index in [2.05, 4.69) is 69.2 Å². The maximum atomic E-state index is 3.69. The van der Waals surface area contributed by atoms with Gasteiger partial charge in [0.25, 0.3) is 0 Å². The van der Waals surface area contributed by atoms with Crippen LogP contribution in [0.2, 0.25) is 0 Å². The van der Waals surface area contributed by atoms with Crippen molar-refractivity contribution < 1.29 is 0 Å². The lowest BCUT2D eigenvalue weighted by Gasteiger charge is -2.34. The first-order valence-corrected chi connectivity index (χ1v) is 7.86. The van der Waals surface area contributed by atoms with E-state index in [0.29, 0.717) is 6.04 Å². The number of anilines is 1. The largest absolute Gasteiger partial charge is 0.381 e. The van der Waals surface area contributed by atoms with E-state index in [0.717, 1.165) is 20.8 Å². The van der Waals surface area contributed by atoms with Crippen molar-refractivity contribution >= 4 is 37.5 Å². The third-order valence-electron chi connectivity index (χ3n) is 3.73. The molecule has 1 saturated carbocycles. The van der Waals surface area contributed by atoms with Gasteiger partial charge < -0.3 is 5.32 Å². The molecule has 1 nitrogen and oxygen atoms in total. The summed E-state index contributed by atoms with van der Waals surface area (Å²) < 4.78 is 2.25. The number of hydrogen-bond acceptors (Lipinski definition) is 1. The van der Waals surface area contributed by atoms with E-state index < -0.39 is 0 Å². The van der Waals surface area contributed by atoms with Crippen LogP contribution in [-0.4, -0.2) is 6.04 Å². The summed E-state index contributed by atoms with van der Waals surface area (Å²) in [5.74, 6) is 1.61. The van der Waals surface area contributed by atoms with E-state index in [1.807, 2.05) is 0 Å². The van der Waals surface area contributed by atoms with Gasteiger partial charge in [-0.25, -0.2) is 0 Å². The van der Waals surface area contributed by atoms with Gasteiger partial charge in [0.05, 0.1) is 0 Å². The predicted molar refractivity (Wildman–Crippen MR) is 81.4 cm³/mol. The standard InChI is InChI=1S/C14H19Br2N/c1-9-3-4-10(2)14(7-9)17-13-6-5-11(15)8-12(13)16/h5-6,8-10,14,17H,3-4,7H2,1-2H3. The summed E-state index contributed by atoms with van der Waals surface area (Å²) in [6, 6.07) is 6.93. The van der Waals surface area contributed by atoms with Crippen molar-refractivity contribution in [1.82, 2.24) is 0 Å². The Morgan fingerprint density at radius 2 is 1.94 bits per heavy atom. The number of halogens is 2. The molecule has 1 aromatic rings. The van der Waals surface area contributed by atoms with E-state index >= 15 is 0 Å². The van der Waals surface area contributed by atoms with Crippen molar-refractivity contribution in [3.8, 4) is 0 Å². The minimum atomic E-state index is 0.608. The highest BCUT2D eigenvalue weighted by molar-refractivity contribution is 9.11. The molecular formula is C14H19Br2N. The molecule has 3 heteroatoms. The number of rotatable bonds is 2. The van der Waals surface area contributed by atoms with Crippen LogP contribution >= 0.6 is 31.9 Å². The molecule has 94 valence electrons. The first-order chi connectivity index (χ1) is 8.06. The number of hydrogen-bond donors (Lipinski definition) is 1. The maximum Gasteiger partial charge on any atom is 0.0487 e. The highest BCUT2D eigenvalue weighted by Crippen LogP contribution is 2.33. The second-order valence-electron chi connectivity index (χ2n) is 5.27. The maximum absolute atomic E-state index is 3.69. The molecule has 1 aliphatic rings. The summed E-state index contributed by atoms with van der Waals surface area (Å²) in [5, 5.41) is 3.69. The summed E-state index contributed by atoms with van der Waals surface area (Å²) in [6.45, 7) is 4.72. The minimum absolute atomic E-state index is 0.608. The SMILES string of the molecule is CC1CCC(C)C(Nc2ccc(Br)cc2Br)C1. The fourth-order valence-electron chi connectivity index (χ4n) is 2.54. The summed E-state index contributed by atoms with van der Waals surface area (Å²) in [4.78, 5) is 0. The molecule has 1 N–H and O–H groups in total. The molecule has 1 aliphatic carbocycles. The molecule has 1 fully saturated rings. The van der Waals surface area contributed by atoms with Crippen molar-refractivity contribution in [2.75, 3.05) is 5.32 Å². The zero-order valence-corrected chi connectivity index (χ0v) is 13.5. The Balaban J connectivity index is 2.08. The van der Waals surface area contributed by atoms with Gasteiger partial charge in [0.1, 0.15) is 0 Å². The zero-order chi connectivity index (χ0) is 12.4. The molecule has 0 aliphatic heterocycles. The number of nitrogens with one attached hydrogen (secondary N) is 1. The topological polar surface area (TPSA) is 12.0 Å². The lowest BCUT2D eigenvalue weighted by atomic mass is 9.80. The van der Waals surface area contributed by atoms with Gasteiger partial charge in [-0.2, -0.15) is 0 Å². The van der Waals surface area contributed by atoms with Gasteiger partial charge in [0.2, 0.25) is 0 Å².